The summed E-state index contributed by atoms with van der Waals surface area (Å²) in [4.78, 5) is 4.14. The standard InChI is InChI=1S/C8H13FN2/c1-4-3-5(10)11-8(2)6(4)7(8)9/h4,6-7H,3H2,1-2H3,(H2,10,11)/t4-,6+,7-,8+/m0/s1. The monoisotopic (exact) mass is 156 g/mol. The van der Waals surface area contributed by atoms with Gasteiger partial charge >= 0.3 is 0 Å². The van der Waals surface area contributed by atoms with Crippen LogP contribution in [-0.4, -0.2) is 17.5 Å². The second kappa shape index (κ2) is 1.76. The fourth-order valence-electron chi connectivity index (χ4n) is 2.29. The minimum absolute atomic E-state index is 0.134. The predicted octanol–water partition coefficient (Wildman–Crippen LogP) is 1.11. The van der Waals surface area contributed by atoms with Crippen LogP contribution in [-0.2, 0) is 0 Å². The highest BCUT2D eigenvalue weighted by molar-refractivity contribution is 5.82. The summed E-state index contributed by atoms with van der Waals surface area (Å²) in [6.07, 6.45) is 0.0132. The molecule has 0 saturated heterocycles. The number of alkyl halides is 1. The normalized spacial score (nSPS) is 54.8. The van der Waals surface area contributed by atoms with Crippen LogP contribution >= 0.6 is 0 Å². The molecule has 2 aliphatic rings. The number of fused-ring (bicyclic) bond motifs is 1. The van der Waals surface area contributed by atoms with Crippen LogP contribution < -0.4 is 5.73 Å². The van der Waals surface area contributed by atoms with Crippen molar-refractivity contribution in [3.8, 4) is 0 Å². The molecule has 2 nitrogen and oxygen atoms in total. The summed E-state index contributed by atoms with van der Waals surface area (Å²) in [5, 5.41) is 0. The van der Waals surface area contributed by atoms with E-state index < -0.39 is 11.7 Å². The summed E-state index contributed by atoms with van der Waals surface area (Å²) in [5.41, 5.74) is 5.12. The molecule has 0 aromatic carbocycles. The van der Waals surface area contributed by atoms with Gasteiger partial charge in [0.1, 0.15) is 6.17 Å². The second-order valence-corrected chi connectivity index (χ2v) is 3.94. The largest absolute Gasteiger partial charge is 0.387 e. The summed E-state index contributed by atoms with van der Waals surface area (Å²) in [7, 11) is 0. The zero-order valence-electron chi connectivity index (χ0n) is 6.84. The van der Waals surface area contributed by atoms with Crippen LogP contribution in [0.1, 0.15) is 20.3 Å². The van der Waals surface area contributed by atoms with Crippen molar-refractivity contribution in [2.24, 2.45) is 22.6 Å². The summed E-state index contributed by atoms with van der Waals surface area (Å²) in [6.45, 7) is 3.90. The molecule has 0 aromatic rings. The van der Waals surface area contributed by atoms with Crippen LogP contribution in [0.2, 0.25) is 0 Å². The number of hydrogen-bond donors (Lipinski definition) is 1. The highest BCUT2D eigenvalue weighted by atomic mass is 19.1. The summed E-state index contributed by atoms with van der Waals surface area (Å²) in [5.74, 6) is 1.12. The lowest BCUT2D eigenvalue weighted by molar-refractivity contribution is 0.394. The fraction of sp³-hybridized carbons (Fsp3) is 0.875. The SMILES string of the molecule is C[C@H]1CC(N)=N[C@]2(C)[C@H]1[C@@H]2F. The molecular formula is C8H13FN2. The number of rotatable bonds is 0. The van der Waals surface area contributed by atoms with Crippen molar-refractivity contribution >= 4 is 5.84 Å². The van der Waals surface area contributed by atoms with Gasteiger partial charge in [-0.05, 0) is 12.8 Å². The quantitative estimate of drug-likeness (QED) is 0.560. The maximum Gasteiger partial charge on any atom is 0.131 e. The van der Waals surface area contributed by atoms with Gasteiger partial charge < -0.3 is 5.73 Å². The lowest BCUT2D eigenvalue weighted by atomic mass is 9.96. The Bertz CT molecular complexity index is 226. The topological polar surface area (TPSA) is 38.4 Å². The molecule has 3 heteroatoms. The molecule has 11 heavy (non-hydrogen) atoms. The number of nitrogens with zero attached hydrogens (tertiary/aromatic N) is 1. The number of hydrogen-bond acceptors (Lipinski definition) is 2. The van der Waals surface area contributed by atoms with Crippen LogP contribution in [0.15, 0.2) is 4.99 Å². The van der Waals surface area contributed by atoms with Crippen LogP contribution in [0.5, 0.6) is 0 Å². The number of nitrogens with two attached hydrogens (primary N) is 1. The average molecular weight is 156 g/mol. The Morgan fingerprint density at radius 2 is 2.36 bits per heavy atom. The van der Waals surface area contributed by atoms with Crippen molar-refractivity contribution in [2.75, 3.05) is 0 Å². The number of amidine groups is 1. The van der Waals surface area contributed by atoms with Crippen LogP contribution in [0.3, 0.4) is 0 Å². The molecule has 0 bridgehead atoms. The molecule has 1 aliphatic carbocycles. The lowest BCUT2D eigenvalue weighted by Gasteiger charge is -2.18. The van der Waals surface area contributed by atoms with Gasteiger partial charge in [-0.2, -0.15) is 0 Å². The van der Waals surface area contributed by atoms with Gasteiger partial charge in [0.05, 0.1) is 11.4 Å². The van der Waals surface area contributed by atoms with E-state index in [1.807, 2.05) is 13.8 Å². The fourth-order valence-corrected chi connectivity index (χ4v) is 2.29. The van der Waals surface area contributed by atoms with Gasteiger partial charge in [-0.15, -0.1) is 0 Å². The van der Waals surface area contributed by atoms with Gasteiger partial charge in [0.2, 0.25) is 0 Å². The third-order valence-electron chi connectivity index (χ3n) is 2.97. The number of halogens is 1. The van der Waals surface area contributed by atoms with Gasteiger partial charge in [-0.1, -0.05) is 6.92 Å². The van der Waals surface area contributed by atoms with E-state index in [-0.39, 0.29) is 5.92 Å². The molecule has 2 rings (SSSR count). The third kappa shape index (κ3) is 0.739. The van der Waals surface area contributed by atoms with Crippen molar-refractivity contribution < 1.29 is 4.39 Å². The average Bonchev–Trinajstić information content (AvgIpc) is 2.33. The molecule has 0 amide bonds. The maximum absolute atomic E-state index is 13.1. The Kier molecular flexibility index (Phi) is 1.13. The molecular weight excluding hydrogens is 143 g/mol. The Labute approximate surface area is 65.7 Å². The second-order valence-electron chi connectivity index (χ2n) is 3.94. The molecule has 0 spiro atoms. The molecule has 0 unspecified atom stereocenters. The van der Waals surface area contributed by atoms with Crippen molar-refractivity contribution in [1.29, 1.82) is 0 Å². The Balaban J connectivity index is 2.30. The minimum Gasteiger partial charge on any atom is -0.387 e. The number of aliphatic imine (C=N–C) groups is 1. The van der Waals surface area contributed by atoms with E-state index in [1.54, 1.807) is 0 Å². The van der Waals surface area contributed by atoms with Gasteiger partial charge in [-0.25, -0.2) is 4.39 Å². The van der Waals surface area contributed by atoms with Crippen LogP contribution in [0.4, 0.5) is 4.39 Å². The van der Waals surface area contributed by atoms with Crippen LogP contribution in [0, 0.1) is 11.8 Å². The van der Waals surface area contributed by atoms with E-state index in [0.717, 1.165) is 6.42 Å². The van der Waals surface area contributed by atoms with Gasteiger partial charge in [0.25, 0.3) is 0 Å². The molecule has 1 aliphatic heterocycles. The molecule has 1 saturated carbocycles. The summed E-state index contributed by atoms with van der Waals surface area (Å²) < 4.78 is 13.1. The first-order valence-electron chi connectivity index (χ1n) is 4.04. The zero-order valence-corrected chi connectivity index (χ0v) is 6.84. The Morgan fingerprint density at radius 1 is 1.73 bits per heavy atom. The molecule has 62 valence electrons. The summed E-state index contributed by atoms with van der Waals surface area (Å²) in [6, 6.07) is 0. The molecule has 1 fully saturated rings. The zero-order chi connectivity index (χ0) is 8.22. The highest BCUT2D eigenvalue weighted by Gasteiger charge is 2.66. The summed E-state index contributed by atoms with van der Waals surface area (Å²) >= 11 is 0. The van der Waals surface area contributed by atoms with Crippen molar-refractivity contribution in [2.45, 2.75) is 32.0 Å². The van der Waals surface area contributed by atoms with E-state index >= 15 is 0 Å². The first-order valence-corrected chi connectivity index (χ1v) is 4.04. The maximum atomic E-state index is 13.1. The molecule has 1 heterocycles. The Morgan fingerprint density at radius 3 is 2.91 bits per heavy atom. The minimum atomic E-state index is -0.751. The molecule has 4 atom stereocenters. The van der Waals surface area contributed by atoms with E-state index in [1.165, 1.54) is 0 Å². The van der Waals surface area contributed by atoms with Gasteiger partial charge in [0, 0.05) is 12.3 Å². The Hall–Kier alpha value is -0.600. The third-order valence-corrected chi connectivity index (χ3v) is 2.97. The van der Waals surface area contributed by atoms with Crippen molar-refractivity contribution in [1.82, 2.24) is 0 Å². The van der Waals surface area contributed by atoms with E-state index in [0.29, 0.717) is 11.8 Å². The molecule has 0 aromatic heterocycles. The first kappa shape index (κ1) is 7.07. The molecule has 0 radical (unpaired) electrons. The van der Waals surface area contributed by atoms with Gasteiger partial charge in [0.15, 0.2) is 0 Å². The molecule has 2 N–H and O–H groups in total. The van der Waals surface area contributed by atoms with E-state index in [2.05, 4.69) is 4.99 Å². The predicted molar refractivity (Wildman–Crippen MR) is 42.2 cm³/mol. The smallest absolute Gasteiger partial charge is 0.131 e. The van der Waals surface area contributed by atoms with E-state index in [4.69, 9.17) is 5.73 Å². The van der Waals surface area contributed by atoms with Gasteiger partial charge in [-0.3, -0.25) is 4.99 Å². The van der Waals surface area contributed by atoms with Crippen molar-refractivity contribution in [3.05, 3.63) is 0 Å². The highest BCUT2D eigenvalue weighted by Crippen LogP contribution is 2.56. The van der Waals surface area contributed by atoms with Crippen LogP contribution in [0.25, 0.3) is 0 Å². The van der Waals surface area contributed by atoms with E-state index in [9.17, 15) is 4.39 Å². The van der Waals surface area contributed by atoms with Crippen molar-refractivity contribution in [3.63, 3.8) is 0 Å². The first-order chi connectivity index (χ1) is 5.05. The lowest BCUT2D eigenvalue weighted by Crippen LogP contribution is -2.26.